The van der Waals surface area contributed by atoms with Crippen molar-refractivity contribution in [3.63, 3.8) is 0 Å². The molecule has 0 bridgehead atoms. The summed E-state index contributed by atoms with van der Waals surface area (Å²) >= 11 is 1.50. The molecule has 2 aromatic carbocycles. The molecular formula is C27H33N3O3S. The van der Waals surface area contributed by atoms with Crippen LogP contribution in [0, 0.1) is 0 Å². The van der Waals surface area contributed by atoms with Crippen LogP contribution in [0.25, 0.3) is 10.9 Å². The smallest absolute Gasteiger partial charge is 0.247 e. The number of thioether (sulfide) groups is 1. The molecule has 1 N–H and O–H groups in total. The van der Waals surface area contributed by atoms with Crippen LogP contribution in [-0.2, 0) is 27.8 Å². The number of amides is 2. The normalized spacial score (nSPS) is 16.1. The molecule has 1 aromatic heterocycles. The Kier molecular flexibility index (Phi) is 7.63. The maximum Gasteiger partial charge on any atom is 0.247 e. The van der Waals surface area contributed by atoms with Gasteiger partial charge >= 0.3 is 0 Å². The zero-order valence-electron chi connectivity index (χ0n) is 20.3. The zero-order chi connectivity index (χ0) is 24.2. The third-order valence-corrected chi connectivity index (χ3v) is 7.32. The van der Waals surface area contributed by atoms with E-state index in [0.29, 0.717) is 19.6 Å². The molecule has 1 aliphatic heterocycles. The van der Waals surface area contributed by atoms with Crippen molar-refractivity contribution in [3.8, 4) is 0 Å². The summed E-state index contributed by atoms with van der Waals surface area (Å²) in [5, 5.41) is 5.04. The van der Waals surface area contributed by atoms with E-state index in [1.54, 1.807) is 4.90 Å². The number of rotatable bonds is 8. The van der Waals surface area contributed by atoms with Crippen molar-refractivity contribution in [1.82, 2.24) is 9.88 Å². The number of carbonyl (C=O) groups excluding carboxylic acids is 2. The van der Waals surface area contributed by atoms with Gasteiger partial charge in [-0.25, -0.2) is 0 Å². The van der Waals surface area contributed by atoms with Crippen LogP contribution in [0.3, 0.4) is 0 Å². The fourth-order valence-corrected chi connectivity index (χ4v) is 5.51. The van der Waals surface area contributed by atoms with Crippen LogP contribution in [0.5, 0.6) is 0 Å². The van der Waals surface area contributed by atoms with Crippen molar-refractivity contribution < 1.29 is 14.3 Å². The van der Waals surface area contributed by atoms with Crippen molar-refractivity contribution in [1.29, 1.82) is 0 Å². The molecule has 1 atom stereocenters. The molecule has 4 rings (SSSR count). The van der Waals surface area contributed by atoms with E-state index in [2.05, 4.69) is 22.9 Å². The molecule has 180 valence electrons. The highest BCUT2D eigenvalue weighted by Gasteiger charge is 2.39. The standard InChI is InChI=1S/C27H33N3O3S/c1-5-19-11-13-20(14-12-19)30-23(31)17-34-27-24(21-9-6-7-10-22(21)29(27)4)25(30)26(32)28-15-8-16-33-18(2)3/h6-7,9-14,18,25H,5,8,15-17H2,1-4H3,(H,28,32)/t25-/m0/s1. The van der Waals surface area contributed by atoms with E-state index < -0.39 is 6.04 Å². The van der Waals surface area contributed by atoms with Crippen molar-refractivity contribution in [2.75, 3.05) is 23.8 Å². The fourth-order valence-electron chi connectivity index (χ4n) is 4.44. The molecule has 0 fully saturated rings. The second kappa shape index (κ2) is 10.7. The molecule has 7 heteroatoms. The molecule has 3 aromatic rings. The number of nitrogens with zero attached hydrogens (tertiary/aromatic N) is 2. The maximum absolute atomic E-state index is 13.8. The second-order valence-electron chi connectivity index (χ2n) is 8.83. The van der Waals surface area contributed by atoms with Crippen LogP contribution in [0.4, 0.5) is 5.69 Å². The molecule has 0 saturated carbocycles. The number of aromatic nitrogens is 1. The third-order valence-electron chi connectivity index (χ3n) is 6.17. The molecule has 0 saturated heterocycles. The Labute approximate surface area is 205 Å². The number of ether oxygens (including phenoxy) is 1. The lowest BCUT2D eigenvalue weighted by atomic mass is 10.0. The summed E-state index contributed by atoms with van der Waals surface area (Å²) in [7, 11) is 2.00. The van der Waals surface area contributed by atoms with Crippen molar-refractivity contribution >= 4 is 40.2 Å². The number of para-hydroxylation sites is 1. The first kappa shape index (κ1) is 24.4. The summed E-state index contributed by atoms with van der Waals surface area (Å²) in [6, 6.07) is 15.3. The molecule has 2 heterocycles. The predicted octanol–water partition coefficient (Wildman–Crippen LogP) is 4.85. The van der Waals surface area contributed by atoms with Gasteiger partial charge in [0.05, 0.1) is 16.9 Å². The number of fused-ring (bicyclic) bond motifs is 3. The van der Waals surface area contributed by atoms with Crippen LogP contribution < -0.4 is 10.2 Å². The topological polar surface area (TPSA) is 63.6 Å². The fraction of sp³-hybridized carbons (Fsp3) is 0.407. The molecule has 0 aliphatic carbocycles. The summed E-state index contributed by atoms with van der Waals surface area (Å²) < 4.78 is 7.71. The van der Waals surface area contributed by atoms with Crippen molar-refractivity contribution in [2.24, 2.45) is 7.05 Å². The summed E-state index contributed by atoms with van der Waals surface area (Å²) in [5.41, 5.74) is 3.88. The Morgan fingerprint density at radius 3 is 2.62 bits per heavy atom. The number of hydrogen-bond donors (Lipinski definition) is 1. The van der Waals surface area contributed by atoms with Gasteiger partial charge in [-0.3, -0.25) is 14.5 Å². The molecule has 2 amide bonds. The predicted molar refractivity (Wildman–Crippen MR) is 138 cm³/mol. The molecule has 0 unspecified atom stereocenters. The average Bonchev–Trinajstić information content (AvgIpc) is 3.01. The van der Waals surface area contributed by atoms with Gasteiger partial charge in [-0.05, 0) is 50.5 Å². The van der Waals surface area contributed by atoms with Gasteiger partial charge in [-0.1, -0.05) is 49.0 Å². The van der Waals surface area contributed by atoms with Gasteiger partial charge in [0.2, 0.25) is 11.8 Å². The lowest BCUT2D eigenvalue weighted by Crippen LogP contribution is -2.44. The van der Waals surface area contributed by atoms with E-state index >= 15 is 0 Å². The SMILES string of the molecule is CCc1ccc(N2C(=O)CSc3c(c4ccccc4n3C)[C@H]2C(=O)NCCCOC(C)C)cc1. The average molecular weight is 480 g/mol. The molecule has 1 aliphatic rings. The van der Waals surface area contributed by atoms with Gasteiger partial charge in [0, 0.05) is 42.4 Å². The van der Waals surface area contributed by atoms with E-state index in [-0.39, 0.29) is 23.7 Å². The lowest BCUT2D eigenvalue weighted by molar-refractivity contribution is -0.125. The maximum atomic E-state index is 13.8. The molecule has 0 radical (unpaired) electrons. The molecule has 0 spiro atoms. The molecule has 6 nitrogen and oxygen atoms in total. The number of nitrogens with one attached hydrogen (secondary N) is 1. The number of anilines is 1. The number of benzene rings is 2. The summed E-state index contributed by atoms with van der Waals surface area (Å²) in [4.78, 5) is 28.9. The van der Waals surface area contributed by atoms with Crippen LogP contribution in [0.1, 0.15) is 44.4 Å². The number of hydrogen-bond acceptors (Lipinski definition) is 4. The Balaban J connectivity index is 1.76. The van der Waals surface area contributed by atoms with E-state index in [1.807, 2.05) is 63.4 Å². The van der Waals surface area contributed by atoms with Crippen molar-refractivity contribution in [2.45, 2.75) is 50.8 Å². The minimum absolute atomic E-state index is 0.0715. The van der Waals surface area contributed by atoms with E-state index in [0.717, 1.165) is 33.6 Å². The Morgan fingerprint density at radius 1 is 1.18 bits per heavy atom. The summed E-state index contributed by atoms with van der Waals surface area (Å²) in [5.74, 6) is 0.0361. The van der Waals surface area contributed by atoms with Crippen LogP contribution in [0.2, 0.25) is 0 Å². The Hall–Kier alpha value is -2.77. The quantitative estimate of drug-likeness (QED) is 0.469. The zero-order valence-corrected chi connectivity index (χ0v) is 21.2. The minimum Gasteiger partial charge on any atom is -0.379 e. The Bertz CT molecular complexity index is 1170. The summed E-state index contributed by atoms with van der Waals surface area (Å²) in [6.07, 6.45) is 1.79. The van der Waals surface area contributed by atoms with Crippen LogP contribution in [0.15, 0.2) is 53.6 Å². The lowest BCUT2D eigenvalue weighted by Gasteiger charge is -2.30. The summed E-state index contributed by atoms with van der Waals surface area (Å²) in [6.45, 7) is 7.17. The molecule has 34 heavy (non-hydrogen) atoms. The van der Waals surface area contributed by atoms with Gasteiger partial charge < -0.3 is 14.6 Å². The van der Waals surface area contributed by atoms with E-state index in [4.69, 9.17) is 4.74 Å². The van der Waals surface area contributed by atoms with Gasteiger partial charge in [-0.2, -0.15) is 0 Å². The highest BCUT2D eigenvalue weighted by atomic mass is 32.2. The monoisotopic (exact) mass is 479 g/mol. The number of carbonyl (C=O) groups is 2. The van der Waals surface area contributed by atoms with Gasteiger partial charge in [0.1, 0.15) is 6.04 Å². The van der Waals surface area contributed by atoms with E-state index in [9.17, 15) is 9.59 Å². The van der Waals surface area contributed by atoms with Gasteiger partial charge in [0.25, 0.3) is 0 Å². The van der Waals surface area contributed by atoms with Crippen molar-refractivity contribution in [3.05, 3.63) is 59.7 Å². The van der Waals surface area contributed by atoms with Crippen LogP contribution >= 0.6 is 11.8 Å². The van der Waals surface area contributed by atoms with E-state index in [1.165, 1.54) is 17.3 Å². The third kappa shape index (κ3) is 4.86. The number of aryl methyl sites for hydroxylation is 2. The largest absolute Gasteiger partial charge is 0.379 e. The first-order chi connectivity index (χ1) is 16.4. The highest BCUT2D eigenvalue weighted by Crippen LogP contribution is 2.43. The van der Waals surface area contributed by atoms with Gasteiger partial charge in [0.15, 0.2) is 0 Å². The minimum atomic E-state index is -0.748. The second-order valence-corrected chi connectivity index (χ2v) is 9.80. The Morgan fingerprint density at radius 2 is 1.91 bits per heavy atom. The van der Waals surface area contributed by atoms with Crippen LogP contribution in [-0.4, -0.2) is 41.4 Å². The highest BCUT2D eigenvalue weighted by molar-refractivity contribution is 8.00. The first-order valence-corrected chi connectivity index (χ1v) is 12.9. The van der Waals surface area contributed by atoms with Gasteiger partial charge in [-0.15, -0.1) is 0 Å². The molecular weight excluding hydrogens is 446 g/mol. The first-order valence-electron chi connectivity index (χ1n) is 11.9.